The molecule has 0 bridgehead atoms. The first-order valence-corrected chi connectivity index (χ1v) is 28.6. The number of allylic oxidation sites excluding steroid dienone is 10. The predicted molar refractivity (Wildman–Crippen MR) is 288 cm³/mol. The molecule has 0 heterocycles. The second-order valence-electron chi connectivity index (χ2n) is 19.6. The number of carbonyl (C=O) groups is 1. The zero-order chi connectivity index (χ0) is 48.1. The van der Waals surface area contributed by atoms with Crippen LogP contribution in [-0.4, -0.2) is 57.3 Å². The third kappa shape index (κ3) is 47.1. The Morgan fingerprint density at radius 3 is 1.14 bits per heavy atom. The highest BCUT2D eigenvalue weighted by molar-refractivity contribution is 5.80. The van der Waals surface area contributed by atoms with Crippen LogP contribution in [0.2, 0.25) is 0 Å². The topological polar surface area (TPSA) is 110 Å². The maximum atomic E-state index is 12.5. The van der Waals surface area contributed by atoms with Crippen molar-refractivity contribution in [2.24, 2.45) is 0 Å². The van der Waals surface area contributed by atoms with E-state index in [0.29, 0.717) is 19.3 Å². The van der Waals surface area contributed by atoms with Crippen LogP contribution in [0.3, 0.4) is 0 Å². The second kappa shape index (κ2) is 54.0. The van der Waals surface area contributed by atoms with Gasteiger partial charge in [-0.3, -0.25) is 4.79 Å². The Balaban J connectivity index is 3.54. The molecule has 0 spiro atoms. The average Bonchev–Trinajstić information content (AvgIpc) is 3.32. The van der Waals surface area contributed by atoms with Crippen molar-refractivity contribution in [2.45, 2.75) is 308 Å². The molecule has 0 aliphatic heterocycles. The SMILES string of the molecule is C/C=C/CC/C=C/CC/C=C/CCCC(O)C(O)C(CO)NC(=O)C(O)CCCCCCCCCCCCCCCCCC/C=C\C/C=C\CCCCCCCCCCCCCCCCC. The summed E-state index contributed by atoms with van der Waals surface area (Å²) in [6.45, 7) is 3.83. The van der Waals surface area contributed by atoms with E-state index in [1.54, 1.807) is 0 Å². The molecule has 0 aliphatic carbocycles. The summed E-state index contributed by atoms with van der Waals surface area (Å²) >= 11 is 0. The Kier molecular flexibility index (Phi) is 52.3. The van der Waals surface area contributed by atoms with Crippen molar-refractivity contribution >= 4 is 5.91 Å². The van der Waals surface area contributed by atoms with E-state index < -0.39 is 36.9 Å². The van der Waals surface area contributed by atoms with Gasteiger partial charge in [-0.2, -0.15) is 0 Å². The van der Waals surface area contributed by atoms with Gasteiger partial charge in [-0.05, 0) is 90.4 Å². The molecular weight excluding hydrogens is 815 g/mol. The van der Waals surface area contributed by atoms with Gasteiger partial charge in [0, 0.05) is 0 Å². The third-order valence-electron chi connectivity index (χ3n) is 13.3. The van der Waals surface area contributed by atoms with E-state index in [2.05, 4.69) is 73.0 Å². The van der Waals surface area contributed by atoms with E-state index in [9.17, 15) is 25.2 Å². The van der Waals surface area contributed by atoms with E-state index in [0.717, 1.165) is 57.8 Å². The van der Waals surface area contributed by atoms with Gasteiger partial charge < -0.3 is 25.7 Å². The molecule has 4 atom stereocenters. The average molecular weight is 927 g/mol. The van der Waals surface area contributed by atoms with Crippen LogP contribution in [-0.2, 0) is 4.79 Å². The number of aliphatic hydroxyl groups excluding tert-OH is 4. The molecule has 5 N–H and O–H groups in total. The van der Waals surface area contributed by atoms with Crippen molar-refractivity contribution in [1.82, 2.24) is 5.32 Å². The number of nitrogens with one attached hydrogen (secondary N) is 1. The molecule has 6 heteroatoms. The van der Waals surface area contributed by atoms with Crippen molar-refractivity contribution < 1.29 is 25.2 Å². The zero-order valence-electron chi connectivity index (χ0n) is 43.7. The Morgan fingerprint density at radius 1 is 0.409 bits per heavy atom. The van der Waals surface area contributed by atoms with Gasteiger partial charge in [0.2, 0.25) is 5.91 Å². The summed E-state index contributed by atoms with van der Waals surface area (Å²) in [7, 11) is 0. The van der Waals surface area contributed by atoms with Gasteiger partial charge in [-0.25, -0.2) is 0 Å². The molecule has 0 saturated heterocycles. The largest absolute Gasteiger partial charge is 0.394 e. The van der Waals surface area contributed by atoms with Gasteiger partial charge in [0.15, 0.2) is 0 Å². The monoisotopic (exact) mass is 926 g/mol. The normalized spacial score (nSPS) is 14.2. The summed E-state index contributed by atoms with van der Waals surface area (Å²) in [5.41, 5.74) is 0. The smallest absolute Gasteiger partial charge is 0.249 e. The number of hydrogen-bond donors (Lipinski definition) is 5. The summed E-state index contributed by atoms with van der Waals surface area (Å²) in [5.74, 6) is -0.600. The molecule has 0 radical (unpaired) electrons. The molecule has 0 aliphatic rings. The summed E-state index contributed by atoms with van der Waals surface area (Å²) < 4.78 is 0. The van der Waals surface area contributed by atoms with Crippen LogP contribution in [0.4, 0.5) is 0 Å². The van der Waals surface area contributed by atoms with E-state index in [4.69, 9.17) is 0 Å². The first kappa shape index (κ1) is 64.0. The molecule has 0 aromatic heterocycles. The number of amides is 1. The van der Waals surface area contributed by atoms with Crippen LogP contribution in [0.25, 0.3) is 0 Å². The zero-order valence-corrected chi connectivity index (χ0v) is 43.7. The number of hydrogen-bond acceptors (Lipinski definition) is 5. The lowest BCUT2D eigenvalue weighted by Gasteiger charge is -2.27. The lowest BCUT2D eigenvalue weighted by atomic mass is 10.00. The highest BCUT2D eigenvalue weighted by Gasteiger charge is 2.28. The molecule has 66 heavy (non-hydrogen) atoms. The quantitative estimate of drug-likeness (QED) is 0.0308. The van der Waals surface area contributed by atoms with Crippen molar-refractivity contribution in [2.75, 3.05) is 6.61 Å². The van der Waals surface area contributed by atoms with Crippen LogP contribution in [0, 0.1) is 0 Å². The Labute approximate surface area is 410 Å². The summed E-state index contributed by atoms with van der Waals surface area (Å²) in [4.78, 5) is 12.5. The van der Waals surface area contributed by atoms with Crippen molar-refractivity contribution in [3.63, 3.8) is 0 Å². The molecule has 0 aromatic carbocycles. The Bertz CT molecular complexity index is 1130. The molecule has 1 amide bonds. The van der Waals surface area contributed by atoms with Gasteiger partial charge in [-0.1, -0.05) is 254 Å². The molecule has 0 saturated carbocycles. The summed E-state index contributed by atoms with van der Waals surface area (Å²) in [5, 5.41) is 43.7. The minimum Gasteiger partial charge on any atom is -0.394 e. The van der Waals surface area contributed by atoms with Crippen LogP contribution >= 0.6 is 0 Å². The maximum absolute atomic E-state index is 12.5. The lowest BCUT2D eigenvalue weighted by molar-refractivity contribution is -0.132. The standard InChI is InChI=1S/C60H111NO5/c1-3-5-7-9-11-13-15-17-18-19-20-21-22-23-24-25-26-27-28-29-30-31-32-33-34-35-36-37-38-39-40-41-42-44-46-48-50-52-54-58(64)60(66)61-56(55-62)59(65)57(63)53-51-49-47-45-43-16-14-12-10-8-6-4-2/h4,6,12,14,26-27,29-30,45,47,56-59,62-65H,3,5,7-11,13,15-25,28,31-44,46,48-55H2,1-2H3,(H,61,66)/b6-4+,14-12+,27-26-,30-29-,47-45+. The molecule has 0 rings (SSSR count). The summed E-state index contributed by atoms with van der Waals surface area (Å²) in [6.07, 6.45) is 70.5. The van der Waals surface area contributed by atoms with Crippen molar-refractivity contribution in [3.05, 3.63) is 60.8 Å². The maximum Gasteiger partial charge on any atom is 0.249 e. The Morgan fingerprint density at radius 2 is 0.742 bits per heavy atom. The molecule has 0 aromatic rings. The van der Waals surface area contributed by atoms with E-state index in [-0.39, 0.29) is 0 Å². The number of unbranched alkanes of at least 4 members (excludes halogenated alkanes) is 34. The predicted octanol–water partition coefficient (Wildman–Crippen LogP) is 16.8. The fraction of sp³-hybridized carbons (Fsp3) is 0.817. The van der Waals surface area contributed by atoms with Gasteiger partial charge in [-0.15, -0.1) is 0 Å². The fourth-order valence-electron chi connectivity index (χ4n) is 8.77. The second-order valence-corrected chi connectivity index (χ2v) is 19.6. The molecule has 6 nitrogen and oxygen atoms in total. The molecule has 4 unspecified atom stereocenters. The van der Waals surface area contributed by atoms with Crippen LogP contribution in [0.5, 0.6) is 0 Å². The molecular formula is C60H111NO5. The number of carbonyl (C=O) groups excluding carboxylic acids is 1. The van der Waals surface area contributed by atoms with Crippen LogP contribution in [0.15, 0.2) is 60.8 Å². The van der Waals surface area contributed by atoms with E-state index >= 15 is 0 Å². The number of aliphatic hydroxyl groups is 4. The van der Waals surface area contributed by atoms with Gasteiger partial charge >= 0.3 is 0 Å². The minimum absolute atomic E-state index is 0.357. The third-order valence-corrected chi connectivity index (χ3v) is 13.3. The van der Waals surface area contributed by atoms with Gasteiger partial charge in [0.25, 0.3) is 0 Å². The minimum atomic E-state index is -1.29. The molecule has 386 valence electrons. The van der Waals surface area contributed by atoms with E-state index in [1.165, 1.54) is 193 Å². The van der Waals surface area contributed by atoms with Crippen molar-refractivity contribution in [3.8, 4) is 0 Å². The molecule has 0 fully saturated rings. The van der Waals surface area contributed by atoms with Gasteiger partial charge in [0.05, 0.1) is 18.8 Å². The fourth-order valence-corrected chi connectivity index (χ4v) is 8.77. The van der Waals surface area contributed by atoms with Crippen molar-refractivity contribution in [1.29, 1.82) is 0 Å². The van der Waals surface area contributed by atoms with Gasteiger partial charge in [0.1, 0.15) is 12.2 Å². The van der Waals surface area contributed by atoms with Crippen LogP contribution < -0.4 is 5.32 Å². The first-order chi connectivity index (χ1) is 32.5. The first-order valence-electron chi connectivity index (χ1n) is 28.6. The highest BCUT2D eigenvalue weighted by atomic mass is 16.3. The highest BCUT2D eigenvalue weighted by Crippen LogP contribution is 2.17. The summed E-state index contributed by atoms with van der Waals surface area (Å²) in [6, 6.07) is -1.01. The number of rotatable bonds is 52. The van der Waals surface area contributed by atoms with E-state index in [1.807, 2.05) is 6.92 Å². The van der Waals surface area contributed by atoms with Crippen LogP contribution in [0.1, 0.15) is 284 Å². The Hall–Kier alpha value is -1.99. The lowest BCUT2D eigenvalue weighted by Crippen LogP contribution is -2.53.